The number of aromatic nitrogens is 3. The number of carbonyl (C=O) groups is 2. The van der Waals surface area contributed by atoms with Gasteiger partial charge in [0.1, 0.15) is 11.2 Å². The lowest BCUT2D eigenvalue weighted by Gasteiger charge is -2.36. The monoisotopic (exact) mass is 395 g/mol. The topological polar surface area (TPSA) is 100 Å². The van der Waals surface area contributed by atoms with E-state index in [1.165, 1.54) is 0 Å². The zero-order chi connectivity index (χ0) is 21.1. The summed E-state index contributed by atoms with van der Waals surface area (Å²) in [7, 11) is 0. The number of fused-ring (bicyclic) bond motifs is 1. The third kappa shape index (κ3) is 4.68. The van der Waals surface area contributed by atoms with E-state index in [1.807, 2.05) is 13.8 Å². The molecule has 9 nitrogen and oxygen atoms in total. The molecule has 2 aromatic heterocycles. The number of anilines is 1. The van der Waals surface area contributed by atoms with E-state index in [2.05, 4.69) is 10.1 Å². The first-order chi connectivity index (χ1) is 13.2. The van der Waals surface area contributed by atoms with Crippen LogP contribution in [0, 0.1) is 5.82 Å². The van der Waals surface area contributed by atoms with Crippen LogP contribution in [0.5, 0.6) is 0 Å². The molecule has 2 aromatic rings. The molecule has 10 heteroatoms. The summed E-state index contributed by atoms with van der Waals surface area (Å²) in [6.45, 7) is 10.8. The highest BCUT2D eigenvalue weighted by atomic mass is 19.1. The van der Waals surface area contributed by atoms with Gasteiger partial charge in [0, 0.05) is 26.2 Å². The Morgan fingerprint density at radius 3 is 2.32 bits per heavy atom. The van der Waals surface area contributed by atoms with E-state index in [-0.39, 0.29) is 17.0 Å². The molecule has 0 bridgehead atoms. The summed E-state index contributed by atoms with van der Waals surface area (Å²) in [5, 5.41) is 13.0. The van der Waals surface area contributed by atoms with Gasteiger partial charge in [-0.15, -0.1) is 0 Å². The van der Waals surface area contributed by atoms with Gasteiger partial charge in [0.15, 0.2) is 17.3 Å². The molecular formula is C18H26FN5O4. The van der Waals surface area contributed by atoms with Crippen molar-refractivity contribution in [2.45, 2.75) is 40.2 Å². The van der Waals surface area contributed by atoms with Gasteiger partial charge in [0.2, 0.25) is 0 Å². The van der Waals surface area contributed by atoms with Crippen molar-refractivity contribution < 1.29 is 23.8 Å². The zero-order valence-corrected chi connectivity index (χ0v) is 16.8. The molecule has 0 radical (unpaired) electrons. The Morgan fingerprint density at radius 1 is 1.18 bits per heavy atom. The maximum Gasteiger partial charge on any atom is 0.410 e. The van der Waals surface area contributed by atoms with Crippen LogP contribution >= 0.6 is 0 Å². The van der Waals surface area contributed by atoms with Crippen LogP contribution in [0.25, 0.3) is 5.65 Å². The first-order valence-electron chi connectivity index (χ1n) is 9.16. The van der Waals surface area contributed by atoms with Crippen LogP contribution in [-0.2, 0) is 4.74 Å². The summed E-state index contributed by atoms with van der Waals surface area (Å²) >= 11 is 0. The SMILES string of the molecule is CC.CC(C)(C)OC(=O)N1CCN(c2nc3c(C(=O)O)cnn3cc2F)CC1. The number of ether oxygens (including phenoxy) is 1. The first-order valence-corrected chi connectivity index (χ1v) is 9.16. The standard InChI is InChI=1S/C16H20FN5O4.C2H6/c1-16(2,3)26-15(25)21-6-4-20(5-7-21)13-11(17)9-22-12(19-13)10(8-18-22)14(23)24;1-2/h8-9H,4-7H2,1-3H3,(H,23,24);1-2H3. The second kappa shape index (κ2) is 8.41. The van der Waals surface area contributed by atoms with Crippen LogP contribution in [0.4, 0.5) is 15.0 Å². The lowest BCUT2D eigenvalue weighted by atomic mass is 10.2. The lowest BCUT2D eigenvalue weighted by molar-refractivity contribution is 0.0240. The molecule has 1 fully saturated rings. The van der Waals surface area contributed by atoms with Gasteiger partial charge in [-0.25, -0.2) is 23.5 Å². The van der Waals surface area contributed by atoms with Crippen molar-refractivity contribution in [1.29, 1.82) is 0 Å². The molecule has 0 unspecified atom stereocenters. The molecule has 1 amide bonds. The molecule has 3 heterocycles. The van der Waals surface area contributed by atoms with Crippen molar-refractivity contribution in [2.24, 2.45) is 0 Å². The lowest BCUT2D eigenvalue weighted by Crippen LogP contribution is -2.50. The summed E-state index contributed by atoms with van der Waals surface area (Å²) in [6, 6.07) is 0. The molecule has 1 N–H and O–H groups in total. The van der Waals surface area contributed by atoms with Gasteiger partial charge in [-0.3, -0.25) is 0 Å². The maximum atomic E-state index is 14.4. The van der Waals surface area contributed by atoms with Crippen LogP contribution in [0.3, 0.4) is 0 Å². The van der Waals surface area contributed by atoms with Crippen molar-refractivity contribution >= 4 is 23.5 Å². The quantitative estimate of drug-likeness (QED) is 0.834. The molecule has 0 aliphatic carbocycles. The number of carboxylic acids is 1. The van der Waals surface area contributed by atoms with E-state index in [4.69, 9.17) is 4.74 Å². The van der Waals surface area contributed by atoms with Crippen LogP contribution in [0.1, 0.15) is 45.0 Å². The van der Waals surface area contributed by atoms with Gasteiger partial charge < -0.3 is 19.6 Å². The average molecular weight is 395 g/mol. The van der Waals surface area contributed by atoms with Crippen LogP contribution in [-0.4, -0.2) is 68.4 Å². The Labute approximate surface area is 162 Å². The van der Waals surface area contributed by atoms with Crippen molar-refractivity contribution in [1.82, 2.24) is 19.5 Å². The Hall–Kier alpha value is -2.91. The number of nitrogens with zero attached hydrogens (tertiary/aromatic N) is 5. The molecule has 154 valence electrons. The largest absolute Gasteiger partial charge is 0.477 e. The minimum atomic E-state index is -1.18. The number of rotatable bonds is 2. The van der Waals surface area contributed by atoms with E-state index in [0.29, 0.717) is 26.2 Å². The summed E-state index contributed by atoms with van der Waals surface area (Å²) in [6.07, 6.45) is 1.82. The van der Waals surface area contributed by atoms with Crippen molar-refractivity contribution in [3.63, 3.8) is 0 Å². The van der Waals surface area contributed by atoms with Crippen LogP contribution in [0.15, 0.2) is 12.4 Å². The molecule has 0 spiro atoms. The number of amides is 1. The molecule has 1 aliphatic heterocycles. The summed E-state index contributed by atoms with van der Waals surface area (Å²) in [5.74, 6) is -1.74. The molecule has 3 rings (SSSR count). The van der Waals surface area contributed by atoms with Gasteiger partial charge in [-0.2, -0.15) is 5.10 Å². The van der Waals surface area contributed by atoms with Crippen molar-refractivity contribution in [3.05, 3.63) is 23.8 Å². The summed E-state index contributed by atoms with van der Waals surface area (Å²) in [4.78, 5) is 30.7. The van der Waals surface area contributed by atoms with Crippen molar-refractivity contribution in [3.8, 4) is 0 Å². The van der Waals surface area contributed by atoms with E-state index in [9.17, 15) is 19.1 Å². The minimum absolute atomic E-state index is 0.0457. The van der Waals surface area contributed by atoms with E-state index < -0.39 is 23.5 Å². The maximum absolute atomic E-state index is 14.4. The highest BCUT2D eigenvalue weighted by Crippen LogP contribution is 2.21. The molecule has 0 aromatic carbocycles. The van der Waals surface area contributed by atoms with Crippen LogP contribution in [0.2, 0.25) is 0 Å². The molecule has 0 atom stereocenters. The number of carbonyl (C=O) groups excluding carboxylic acids is 1. The number of aromatic carboxylic acids is 1. The Bertz CT molecular complexity index is 854. The number of piperazine rings is 1. The smallest absolute Gasteiger partial charge is 0.410 e. The molecule has 0 saturated carbocycles. The average Bonchev–Trinajstić information content (AvgIpc) is 3.04. The Kier molecular flexibility index (Phi) is 6.42. The van der Waals surface area contributed by atoms with E-state index >= 15 is 0 Å². The van der Waals surface area contributed by atoms with Gasteiger partial charge in [0.05, 0.1) is 12.4 Å². The first kappa shape index (κ1) is 21.4. The van der Waals surface area contributed by atoms with Gasteiger partial charge in [-0.1, -0.05) is 13.8 Å². The molecule has 28 heavy (non-hydrogen) atoms. The number of halogens is 1. The van der Waals surface area contributed by atoms with Crippen LogP contribution < -0.4 is 4.90 Å². The fraction of sp³-hybridized carbons (Fsp3) is 0.556. The summed E-state index contributed by atoms with van der Waals surface area (Å²) < 4.78 is 20.8. The molecule has 1 saturated heterocycles. The van der Waals surface area contributed by atoms with Gasteiger partial charge in [-0.05, 0) is 20.8 Å². The molecular weight excluding hydrogens is 369 g/mol. The van der Waals surface area contributed by atoms with Crippen molar-refractivity contribution in [2.75, 3.05) is 31.1 Å². The van der Waals surface area contributed by atoms with Gasteiger partial charge in [0.25, 0.3) is 0 Å². The normalized spacial score (nSPS) is 14.5. The predicted molar refractivity (Wildman–Crippen MR) is 101 cm³/mol. The van der Waals surface area contributed by atoms with E-state index in [1.54, 1.807) is 30.6 Å². The fourth-order valence-electron chi connectivity index (χ4n) is 2.68. The zero-order valence-electron chi connectivity index (χ0n) is 16.8. The number of hydrogen-bond acceptors (Lipinski definition) is 6. The third-order valence-electron chi connectivity index (χ3n) is 3.89. The predicted octanol–water partition coefficient (Wildman–Crippen LogP) is 2.65. The Morgan fingerprint density at radius 2 is 1.79 bits per heavy atom. The summed E-state index contributed by atoms with van der Waals surface area (Å²) in [5.41, 5.74) is -0.607. The Balaban J connectivity index is 0.00000136. The second-order valence-electron chi connectivity index (χ2n) is 7.00. The fourth-order valence-corrected chi connectivity index (χ4v) is 2.68. The second-order valence-corrected chi connectivity index (χ2v) is 7.00. The minimum Gasteiger partial charge on any atom is -0.477 e. The third-order valence-corrected chi connectivity index (χ3v) is 3.89. The highest BCUT2D eigenvalue weighted by molar-refractivity contribution is 5.94. The molecule has 1 aliphatic rings. The van der Waals surface area contributed by atoms with Gasteiger partial charge >= 0.3 is 12.1 Å². The van der Waals surface area contributed by atoms with E-state index in [0.717, 1.165) is 16.9 Å². The number of hydrogen-bond donors (Lipinski definition) is 1. The highest BCUT2D eigenvalue weighted by Gasteiger charge is 2.28. The number of carboxylic acid groups (broad SMARTS) is 1.